The summed E-state index contributed by atoms with van der Waals surface area (Å²) < 4.78 is 5.36. The Labute approximate surface area is 157 Å². The number of carbonyl (C=O) groups excluding carboxylic acids is 1. The largest absolute Gasteiger partial charge is 0.497 e. The molecule has 26 heavy (non-hydrogen) atoms. The first kappa shape index (κ1) is 17.4. The molecule has 2 aliphatic rings. The molecule has 1 aliphatic heterocycles. The molecule has 1 N–H and O–H groups in total. The van der Waals surface area contributed by atoms with Gasteiger partial charge in [-0.15, -0.1) is 10.2 Å². The van der Waals surface area contributed by atoms with E-state index < -0.39 is 0 Å². The zero-order valence-electron chi connectivity index (χ0n) is 15.2. The molecule has 1 aromatic carbocycles. The number of fused-ring (bicyclic) bond motifs is 1. The average Bonchev–Trinajstić information content (AvgIpc) is 3.40. The number of benzene rings is 1. The molecule has 0 radical (unpaired) electrons. The lowest BCUT2D eigenvalue weighted by Gasteiger charge is -2.35. The van der Waals surface area contributed by atoms with Crippen LogP contribution in [-0.4, -0.2) is 41.2 Å². The summed E-state index contributed by atoms with van der Waals surface area (Å²) in [5.41, 5.74) is 2.68. The number of nitrogens with zero attached hydrogens (tertiary/aromatic N) is 3. The predicted octanol–water partition coefficient (Wildman–Crippen LogP) is 3.37. The van der Waals surface area contributed by atoms with Crippen LogP contribution >= 0.6 is 11.3 Å². The first-order chi connectivity index (χ1) is 12.6. The molecule has 0 spiro atoms. The Morgan fingerprint density at radius 3 is 3.00 bits per heavy atom. The van der Waals surface area contributed by atoms with Gasteiger partial charge in [-0.3, -0.25) is 9.69 Å². The van der Waals surface area contributed by atoms with Gasteiger partial charge in [-0.2, -0.15) is 0 Å². The molecule has 138 valence electrons. The topological polar surface area (TPSA) is 67.3 Å². The summed E-state index contributed by atoms with van der Waals surface area (Å²) in [5.74, 6) is 1.47. The lowest BCUT2D eigenvalue weighted by molar-refractivity contribution is -0.116. The van der Waals surface area contributed by atoms with Gasteiger partial charge in [0.1, 0.15) is 10.8 Å². The molecule has 4 rings (SSSR count). The number of rotatable bonds is 6. The number of hydrogen-bond acceptors (Lipinski definition) is 6. The summed E-state index contributed by atoms with van der Waals surface area (Å²) in [4.78, 5) is 14.6. The Balaban J connectivity index is 1.32. The van der Waals surface area contributed by atoms with E-state index in [4.69, 9.17) is 4.74 Å². The quantitative estimate of drug-likeness (QED) is 0.842. The smallest absolute Gasteiger partial charge is 0.227 e. The van der Waals surface area contributed by atoms with Crippen molar-refractivity contribution in [2.75, 3.05) is 25.5 Å². The Kier molecular flexibility index (Phi) is 4.91. The maximum absolute atomic E-state index is 12.3. The van der Waals surface area contributed by atoms with E-state index in [9.17, 15) is 4.79 Å². The van der Waals surface area contributed by atoms with Crippen molar-refractivity contribution in [3.63, 3.8) is 0 Å². The van der Waals surface area contributed by atoms with Crippen molar-refractivity contribution in [2.45, 2.75) is 44.6 Å². The summed E-state index contributed by atoms with van der Waals surface area (Å²) >= 11 is 1.51. The summed E-state index contributed by atoms with van der Waals surface area (Å²) in [7, 11) is 1.69. The van der Waals surface area contributed by atoms with E-state index >= 15 is 0 Å². The number of aromatic nitrogens is 2. The third kappa shape index (κ3) is 3.73. The highest BCUT2D eigenvalue weighted by atomic mass is 32.1. The summed E-state index contributed by atoms with van der Waals surface area (Å²) in [6, 6.07) is 6.57. The highest BCUT2D eigenvalue weighted by Crippen LogP contribution is 2.42. The number of methoxy groups -OCH3 is 1. The second-order valence-corrected chi connectivity index (χ2v) is 8.05. The van der Waals surface area contributed by atoms with Crippen molar-refractivity contribution in [3.05, 3.63) is 34.3 Å². The van der Waals surface area contributed by atoms with E-state index in [-0.39, 0.29) is 11.9 Å². The van der Waals surface area contributed by atoms with Gasteiger partial charge < -0.3 is 10.1 Å². The van der Waals surface area contributed by atoms with Gasteiger partial charge in [0.2, 0.25) is 11.0 Å². The maximum atomic E-state index is 12.3. The normalized spacial score (nSPS) is 19.8. The lowest BCUT2D eigenvalue weighted by Crippen LogP contribution is -2.36. The molecule has 2 aromatic rings. The predicted molar refractivity (Wildman–Crippen MR) is 102 cm³/mol. The van der Waals surface area contributed by atoms with Crippen LogP contribution in [0.5, 0.6) is 5.75 Å². The number of hydrogen-bond donors (Lipinski definition) is 1. The first-order valence-electron chi connectivity index (χ1n) is 9.18. The fourth-order valence-corrected chi connectivity index (χ4v) is 4.41. The van der Waals surface area contributed by atoms with Crippen LogP contribution in [0.25, 0.3) is 0 Å². The third-order valence-corrected chi connectivity index (χ3v) is 6.26. The third-order valence-electron chi connectivity index (χ3n) is 5.26. The molecule has 7 heteroatoms. The maximum Gasteiger partial charge on any atom is 0.227 e. The number of nitrogens with one attached hydrogen (secondary N) is 1. The molecule has 1 saturated carbocycles. The summed E-state index contributed by atoms with van der Waals surface area (Å²) in [6.45, 7) is 3.90. The number of amides is 1. The monoisotopic (exact) mass is 372 g/mol. The molecule has 2 heterocycles. The van der Waals surface area contributed by atoms with Crippen molar-refractivity contribution in [2.24, 2.45) is 0 Å². The van der Waals surface area contributed by atoms with Crippen LogP contribution in [0.3, 0.4) is 0 Å². The Morgan fingerprint density at radius 1 is 1.38 bits per heavy atom. The van der Waals surface area contributed by atoms with E-state index in [0.717, 1.165) is 30.3 Å². The fourth-order valence-electron chi connectivity index (χ4n) is 3.48. The van der Waals surface area contributed by atoms with Gasteiger partial charge in [-0.1, -0.05) is 17.4 Å². The van der Waals surface area contributed by atoms with E-state index in [0.29, 0.717) is 17.5 Å². The average molecular weight is 372 g/mol. The van der Waals surface area contributed by atoms with Crippen LogP contribution in [0.4, 0.5) is 5.13 Å². The van der Waals surface area contributed by atoms with Crippen LogP contribution in [0.1, 0.15) is 54.3 Å². The molecule has 1 atom stereocenters. The summed E-state index contributed by atoms with van der Waals surface area (Å²) in [5, 5.41) is 12.8. The molecular weight excluding hydrogens is 348 g/mol. The van der Waals surface area contributed by atoms with E-state index in [2.05, 4.69) is 39.5 Å². The Bertz CT molecular complexity index is 803. The van der Waals surface area contributed by atoms with Gasteiger partial charge in [-0.25, -0.2) is 0 Å². The van der Waals surface area contributed by atoms with Crippen molar-refractivity contribution in [1.82, 2.24) is 15.1 Å². The van der Waals surface area contributed by atoms with Crippen molar-refractivity contribution in [3.8, 4) is 5.75 Å². The minimum absolute atomic E-state index is 0.00661. The molecular formula is C19H24N4O2S. The second-order valence-electron chi connectivity index (χ2n) is 7.04. The molecule has 1 unspecified atom stereocenters. The van der Waals surface area contributed by atoms with Gasteiger partial charge in [-0.05, 0) is 49.4 Å². The molecule has 1 fully saturated rings. The van der Waals surface area contributed by atoms with E-state index in [1.165, 1.54) is 35.3 Å². The zero-order chi connectivity index (χ0) is 18.1. The molecule has 1 aromatic heterocycles. The Morgan fingerprint density at radius 2 is 2.23 bits per heavy atom. The van der Waals surface area contributed by atoms with Crippen LogP contribution in [0.15, 0.2) is 18.2 Å². The van der Waals surface area contributed by atoms with E-state index in [1.807, 2.05) is 6.07 Å². The zero-order valence-corrected chi connectivity index (χ0v) is 16.0. The molecule has 1 aliphatic carbocycles. The van der Waals surface area contributed by atoms with E-state index in [1.54, 1.807) is 7.11 Å². The van der Waals surface area contributed by atoms with Crippen LogP contribution < -0.4 is 10.1 Å². The molecule has 0 saturated heterocycles. The van der Waals surface area contributed by atoms with Crippen molar-refractivity contribution in [1.29, 1.82) is 0 Å². The highest BCUT2D eigenvalue weighted by Gasteiger charge is 2.28. The van der Waals surface area contributed by atoms with Crippen LogP contribution in [0, 0.1) is 0 Å². The molecule has 0 bridgehead atoms. The highest BCUT2D eigenvalue weighted by molar-refractivity contribution is 7.15. The van der Waals surface area contributed by atoms with Crippen molar-refractivity contribution < 1.29 is 9.53 Å². The summed E-state index contributed by atoms with van der Waals surface area (Å²) in [6.07, 6.45) is 3.86. The lowest BCUT2D eigenvalue weighted by atomic mass is 9.93. The number of ether oxygens (including phenoxy) is 1. The van der Waals surface area contributed by atoms with Gasteiger partial charge in [0.25, 0.3) is 0 Å². The Hall–Kier alpha value is -1.99. The fraction of sp³-hybridized carbons (Fsp3) is 0.526. The van der Waals surface area contributed by atoms with Crippen LogP contribution in [-0.2, 0) is 11.2 Å². The molecule has 1 amide bonds. The number of carbonyl (C=O) groups is 1. The minimum Gasteiger partial charge on any atom is -0.497 e. The first-order valence-corrected chi connectivity index (χ1v) is 10.00. The minimum atomic E-state index is 0.00661. The van der Waals surface area contributed by atoms with Crippen LogP contribution in [0.2, 0.25) is 0 Å². The van der Waals surface area contributed by atoms with Gasteiger partial charge >= 0.3 is 0 Å². The molecule has 6 nitrogen and oxygen atoms in total. The number of anilines is 1. The standard InChI is InChI=1S/C19H24N4O2S/c1-12-16-11-15(25-2)6-5-13(16)7-9-23(12)10-8-17(24)20-19-22-21-18(26-19)14-3-4-14/h5-6,11-12,14H,3-4,7-10H2,1-2H3,(H,20,22,24). The van der Waals surface area contributed by atoms with Gasteiger partial charge in [0.15, 0.2) is 0 Å². The van der Waals surface area contributed by atoms with Crippen molar-refractivity contribution >= 4 is 22.4 Å². The SMILES string of the molecule is COc1ccc2c(c1)C(C)N(CCC(=O)Nc1nnc(C3CC3)s1)CC2. The van der Waals surface area contributed by atoms with Gasteiger partial charge in [0.05, 0.1) is 7.11 Å². The van der Waals surface area contributed by atoms with Gasteiger partial charge in [0, 0.05) is 31.5 Å². The second kappa shape index (κ2) is 7.32.